The summed E-state index contributed by atoms with van der Waals surface area (Å²) in [5, 5.41) is 0.411. The molecule has 0 bridgehead atoms. The van der Waals surface area contributed by atoms with E-state index in [1.165, 1.54) is 13.2 Å². The summed E-state index contributed by atoms with van der Waals surface area (Å²) in [7, 11) is -2.56. The van der Waals surface area contributed by atoms with Gasteiger partial charge in [0.05, 0.1) is 15.3 Å². The van der Waals surface area contributed by atoms with Gasteiger partial charge in [-0.2, -0.15) is 0 Å². The Balaban J connectivity index is 2.58. The Morgan fingerprint density at radius 1 is 1.05 bits per heavy atom. The monoisotopic (exact) mass is 328 g/mol. The highest BCUT2D eigenvalue weighted by Crippen LogP contribution is 2.50. The Morgan fingerprint density at radius 3 is 2.30 bits per heavy atom. The summed E-state index contributed by atoms with van der Waals surface area (Å²) in [5.74, 6) is 0. The molecule has 0 aliphatic rings. The average Bonchev–Trinajstić information content (AvgIpc) is 2.49. The van der Waals surface area contributed by atoms with Crippen molar-refractivity contribution in [2.45, 2.75) is 0 Å². The van der Waals surface area contributed by atoms with Crippen molar-refractivity contribution in [1.82, 2.24) is 0 Å². The highest BCUT2D eigenvalue weighted by atomic mass is 35.5. The third-order valence-electron chi connectivity index (χ3n) is 2.79. The summed E-state index contributed by atoms with van der Waals surface area (Å²) in [6.07, 6.45) is 0. The molecular formula is C14H11Cl2O3P. The van der Waals surface area contributed by atoms with Crippen molar-refractivity contribution in [3.63, 3.8) is 0 Å². The molecule has 2 aromatic rings. The predicted molar refractivity (Wildman–Crippen MR) is 81.5 cm³/mol. The van der Waals surface area contributed by atoms with Gasteiger partial charge in [0.25, 0.3) is 5.52 Å². The van der Waals surface area contributed by atoms with Gasteiger partial charge >= 0.3 is 7.37 Å². The number of carbonyl (C=O) groups is 1. The van der Waals surface area contributed by atoms with Crippen LogP contribution < -0.4 is 5.30 Å². The van der Waals surface area contributed by atoms with Gasteiger partial charge in [0.15, 0.2) is 0 Å². The molecular weight excluding hydrogens is 318 g/mol. The largest absolute Gasteiger partial charge is 0.323 e. The van der Waals surface area contributed by atoms with Crippen molar-refractivity contribution in [1.29, 1.82) is 0 Å². The fraction of sp³-hybridized carbons (Fsp3) is 0.0714. The first-order chi connectivity index (χ1) is 9.50. The van der Waals surface area contributed by atoms with Gasteiger partial charge in [0.2, 0.25) is 0 Å². The molecule has 2 rings (SSSR count). The van der Waals surface area contributed by atoms with E-state index in [0.29, 0.717) is 5.56 Å². The zero-order valence-corrected chi connectivity index (χ0v) is 13.0. The van der Waals surface area contributed by atoms with Gasteiger partial charge in [0, 0.05) is 12.7 Å². The first-order valence-electron chi connectivity index (χ1n) is 5.71. The van der Waals surface area contributed by atoms with Crippen molar-refractivity contribution in [3.05, 3.63) is 64.1 Å². The van der Waals surface area contributed by atoms with Crippen LogP contribution in [0.2, 0.25) is 10.0 Å². The third-order valence-corrected chi connectivity index (χ3v) is 6.06. The van der Waals surface area contributed by atoms with E-state index in [2.05, 4.69) is 0 Å². The smallest absolute Gasteiger partial charge is 0.302 e. The van der Waals surface area contributed by atoms with Crippen LogP contribution in [0.25, 0.3) is 0 Å². The second-order valence-electron chi connectivity index (χ2n) is 3.98. The highest BCUT2D eigenvalue weighted by Gasteiger charge is 2.37. The Kier molecular flexibility index (Phi) is 4.66. The van der Waals surface area contributed by atoms with Crippen LogP contribution in [0.3, 0.4) is 0 Å². The first kappa shape index (κ1) is 15.3. The van der Waals surface area contributed by atoms with Crippen LogP contribution >= 0.6 is 30.6 Å². The Bertz CT molecular complexity index is 686. The van der Waals surface area contributed by atoms with Crippen LogP contribution in [0.15, 0.2) is 48.5 Å². The SMILES string of the molecule is COP(=O)(C(=O)c1ccccc1)c1cccc(Cl)c1Cl. The molecule has 104 valence electrons. The van der Waals surface area contributed by atoms with Crippen LogP contribution in [0.1, 0.15) is 10.4 Å². The van der Waals surface area contributed by atoms with Gasteiger partial charge < -0.3 is 4.52 Å². The summed E-state index contributed by atoms with van der Waals surface area (Å²) < 4.78 is 18.0. The second kappa shape index (κ2) is 6.11. The molecule has 6 heteroatoms. The highest BCUT2D eigenvalue weighted by molar-refractivity contribution is 7.83. The molecule has 2 aromatic carbocycles. The zero-order chi connectivity index (χ0) is 14.8. The quantitative estimate of drug-likeness (QED) is 0.782. The fourth-order valence-electron chi connectivity index (χ4n) is 1.76. The summed E-state index contributed by atoms with van der Waals surface area (Å²) in [4.78, 5) is 12.5. The Morgan fingerprint density at radius 2 is 1.70 bits per heavy atom. The second-order valence-corrected chi connectivity index (χ2v) is 7.12. The lowest BCUT2D eigenvalue weighted by molar-refractivity contribution is 0.106. The van der Waals surface area contributed by atoms with E-state index in [9.17, 15) is 9.36 Å². The molecule has 0 aromatic heterocycles. The van der Waals surface area contributed by atoms with Gasteiger partial charge in [-0.25, -0.2) is 0 Å². The van der Waals surface area contributed by atoms with Gasteiger partial charge in [-0.15, -0.1) is 0 Å². The van der Waals surface area contributed by atoms with Crippen molar-refractivity contribution in [2.75, 3.05) is 7.11 Å². The molecule has 0 spiro atoms. The van der Waals surface area contributed by atoms with Crippen molar-refractivity contribution >= 4 is 41.4 Å². The minimum absolute atomic E-state index is 0.0728. The topological polar surface area (TPSA) is 43.4 Å². The van der Waals surface area contributed by atoms with Gasteiger partial charge in [-0.05, 0) is 12.1 Å². The summed E-state index contributed by atoms with van der Waals surface area (Å²) >= 11 is 12.0. The summed E-state index contributed by atoms with van der Waals surface area (Å²) in [6, 6.07) is 12.9. The van der Waals surface area contributed by atoms with E-state index < -0.39 is 12.9 Å². The fourth-order valence-corrected chi connectivity index (χ4v) is 4.19. The van der Waals surface area contributed by atoms with Gasteiger partial charge in [-0.1, -0.05) is 59.6 Å². The van der Waals surface area contributed by atoms with Gasteiger partial charge in [-0.3, -0.25) is 9.36 Å². The summed E-state index contributed by atoms with van der Waals surface area (Å²) in [5.41, 5.74) is -0.307. The minimum atomic E-state index is -3.79. The number of benzene rings is 2. The molecule has 3 nitrogen and oxygen atoms in total. The van der Waals surface area contributed by atoms with E-state index in [4.69, 9.17) is 27.7 Å². The molecule has 0 amide bonds. The molecule has 0 N–H and O–H groups in total. The predicted octanol–water partition coefficient (Wildman–Crippen LogP) is 4.38. The average molecular weight is 329 g/mol. The van der Waals surface area contributed by atoms with E-state index in [1.54, 1.807) is 42.5 Å². The summed E-state index contributed by atoms with van der Waals surface area (Å²) in [6.45, 7) is 0. The maximum absolute atomic E-state index is 12.9. The number of hydrogen-bond donors (Lipinski definition) is 0. The van der Waals surface area contributed by atoms with Crippen LogP contribution in [0, 0.1) is 0 Å². The molecule has 0 heterocycles. The number of rotatable bonds is 4. The van der Waals surface area contributed by atoms with E-state index in [-0.39, 0.29) is 15.3 Å². The standard InChI is InChI=1S/C14H11Cl2O3P/c1-19-20(18,12-9-5-8-11(15)13(12)16)14(17)10-6-3-2-4-7-10/h2-9H,1H3. The molecule has 20 heavy (non-hydrogen) atoms. The van der Waals surface area contributed by atoms with Crippen LogP contribution in [0.5, 0.6) is 0 Å². The number of halogens is 2. The van der Waals surface area contributed by atoms with E-state index in [0.717, 1.165) is 0 Å². The lowest BCUT2D eigenvalue weighted by atomic mass is 10.2. The number of hydrogen-bond acceptors (Lipinski definition) is 3. The number of carbonyl (C=O) groups excluding carboxylic acids is 1. The maximum atomic E-state index is 12.9. The molecule has 0 radical (unpaired) electrons. The maximum Gasteiger partial charge on any atom is 0.302 e. The van der Waals surface area contributed by atoms with Gasteiger partial charge in [0.1, 0.15) is 0 Å². The Labute approximate surface area is 126 Å². The van der Waals surface area contributed by atoms with Crippen LogP contribution in [-0.4, -0.2) is 12.6 Å². The first-order valence-corrected chi connectivity index (χ1v) is 8.09. The Hall–Kier alpha value is -1.12. The molecule has 1 atom stereocenters. The van der Waals surface area contributed by atoms with Crippen molar-refractivity contribution in [3.8, 4) is 0 Å². The van der Waals surface area contributed by atoms with Crippen molar-refractivity contribution < 1.29 is 13.9 Å². The van der Waals surface area contributed by atoms with E-state index in [1.807, 2.05) is 0 Å². The molecule has 0 fully saturated rings. The van der Waals surface area contributed by atoms with Crippen LogP contribution in [-0.2, 0) is 9.09 Å². The molecule has 0 aliphatic heterocycles. The lowest BCUT2D eigenvalue weighted by Gasteiger charge is -2.17. The molecule has 0 saturated carbocycles. The zero-order valence-electron chi connectivity index (χ0n) is 10.5. The third kappa shape index (κ3) is 2.68. The van der Waals surface area contributed by atoms with Crippen LogP contribution in [0.4, 0.5) is 0 Å². The molecule has 0 aliphatic carbocycles. The van der Waals surface area contributed by atoms with E-state index >= 15 is 0 Å². The minimum Gasteiger partial charge on any atom is -0.323 e. The normalized spacial score (nSPS) is 13.8. The van der Waals surface area contributed by atoms with Crippen molar-refractivity contribution in [2.24, 2.45) is 0 Å². The lowest BCUT2D eigenvalue weighted by Crippen LogP contribution is -2.16. The molecule has 1 unspecified atom stereocenters. The molecule has 0 saturated heterocycles.